The van der Waals surface area contributed by atoms with Gasteiger partial charge in [0.2, 0.25) is 0 Å². The van der Waals surface area contributed by atoms with Crippen molar-refractivity contribution >= 4 is 0 Å². The van der Waals surface area contributed by atoms with Crippen LogP contribution in [0.4, 0.5) is 0 Å². The van der Waals surface area contributed by atoms with Gasteiger partial charge in [-0.3, -0.25) is 0 Å². The van der Waals surface area contributed by atoms with E-state index in [1.54, 1.807) is 0 Å². The molecule has 0 aliphatic rings. The second-order valence-electron chi connectivity index (χ2n) is 7.90. The lowest BCUT2D eigenvalue weighted by molar-refractivity contribution is 0.277. The molecule has 0 saturated carbocycles. The highest BCUT2D eigenvalue weighted by molar-refractivity contribution is 5.38. The lowest BCUT2D eigenvalue weighted by Gasteiger charge is -2.22. The van der Waals surface area contributed by atoms with E-state index in [4.69, 9.17) is 10.5 Å². The molecule has 2 nitrogen and oxygen atoms in total. The molecule has 1 rings (SSSR count). The summed E-state index contributed by atoms with van der Waals surface area (Å²) in [6.07, 6.45) is 3.42. The zero-order valence-electron chi connectivity index (χ0n) is 14.8. The van der Waals surface area contributed by atoms with Gasteiger partial charge in [0.05, 0.1) is 6.61 Å². The van der Waals surface area contributed by atoms with E-state index in [2.05, 4.69) is 59.7 Å². The molecule has 1 aromatic rings. The van der Waals surface area contributed by atoms with Gasteiger partial charge in [-0.1, -0.05) is 46.8 Å². The average Bonchev–Trinajstić information content (AvgIpc) is 2.38. The minimum Gasteiger partial charge on any atom is -0.493 e. The summed E-state index contributed by atoms with van der Waals surface area (Å²) in [5.41, 5.74) is 8.78. The Bertz CT molecular complexity index is 443. The summed E-state index contributed by atoms with van der Waals surface area (Å²) in [4.78, 5) is 0. The van der Waals surface area contributed by atoms with Crippen LogP contribution in [0.5, 0.6) is 5.75 Å². The van der Waals surface area contributed by atoms with E-state index in [1.165, 1.54) is 17.5 Å². The Morgan fingerprint density at radius 3 is 2.24 bits per heavy atom. The van der Waals surface area contributed by atoms with E-state index in [9.17, 15) is 0 Å². The van der Waals surface area contributed by atoms with E-state index in [0.717, 1.165) is 31.7 Å². The number of benzene rings is 1. The van der Waals surface area contributed by atoms with Crippen LogP contribution in [-0.4, -0.2) is 13.2 Å². The largest absolute Gasteiger partial charge is 0.493 e. The molecule has 21 heavy (non-hydrogen) atoms. The maximum Gasteiger partial charge on any atom is 0.122 e. The maximum atomic E-state index is 5.92. The Hall–Kier alpha value is -1.02. The molecule has 0 heterocycles. The van der Waals surface area contributed by atoms with Crippen LogP contribution in [-0.2, 0) is 5.41 Å². The molecular weight excluding hydrogens is 258 g/mol. The molecule has 0 aliphatic carbocycles. The fourth-order valence-electron chi connectivity index (χ4n) is 2.27. The molecule has 2 heteroatoms. The van der Waals surface area contributed by atoms with E-state index >= 15 is 0 Å². The maximum absolute atomic E-state index is 5.92. The molecule has 0 saturated heterocycles. The Morgan fingerprint density at radius 2 is 1.71 bits per heavy atom. The molecular formula is C19H33NO. The molecule has 0 bridgehead atoms. The van der Waals surface area contributed by atoms with Crippen molar-refractivity contribution in [2.24, 2.45) is 11.1 Å². The summed E-state index contributed by atoms with van der Waals surface area (Å²) in [6, 6.07) is 6.53. The molecule has 120 valence electrons. The van der Waals surface area contributed by atoms with E-state index in [1.807, 2.05) is 0 Å². The van der Waals surface area contributed by atoms with Crippen LogP contribution < -0.4 is 10.5 Å². The fourth-order valence-corrected chi connectivity index (χ4v) is 2.27. The van der Waals surface area contributed by atoms with Gasteiger partial charge in [-0.05, 0) is 60.8 Å². The van der Waals surface area contributed by atoms with Crippen molar-refractivity contribution in [3.05, 3.63) is 29.3 Å². The Balaban J connectivity index is 2.43. The predicted molar refractivity (Wildman–Crippen MR) is 92.1 cm³/mol. The van der Waals surface area contributed by atoms with Crippen molar-refractivity contribution in [1.29, 1.82) is 0 Å². The second kappa shape index (κ2) is 7.31. The summed E-state index contributed by atoms with van der Waals surface area (Å²) in [6.45, 7) is 14.8. The summed E-state index contributed by atoms with van der Waals surface area (Å²) in [7, 11) is 0. The summed E-state index contributed by atoms with van der Waals surface area (Å²) < 4.78 is 5.92. The lowest BCUT2D eigenvalue weighted by atomic mass is 9.86. The molecule has 0 aromatic heterocycles. The van der Waals surface area contributed by atoms with E-state index in [0.29, 0.717) is 0 Å². The van der Waals surface area contributed by atoms with Crippen molar-refractivity contribution in [3.63, 3.8) is 0 Å². The Morgan fingerprint density at radius 1 is 1.05 bits per heavy atom. The van der Waals surface area contributed by atoms with Crippen LogP contribution >= 0.6 is 0 Å². The lowest BCUT2D eigenvalue weighted by Crippen LogP contribution is -2.23. The first kappa shape index (κ1) is 18.0. The molecule has 0 atom stereocenters. The standard InChI is InChI=1S/C19H33NO/c1-15-13-16(18(2,3)4)9-10-17(15)21-12-8-7-11-19(5,6)14-20/h9-10,13H,7-8,11-12,14,20H2,1-6H3. The van der Waals surface area contributed by atoms with Gasteiger partial charge in [0, 0.05) is 0 Å². The van der Waals surface area contributed by atoms with Gasteiger partial charge in [-0.2, -0.15) is 0 Å². The van der Waals surface area contributed by atoms with Crippen LogP contribution in [0.2, 0.25) is 0 Å². The number of ether oxygens (including phenoxy) is 1. The van der Waals surface area contributed by atoms with E-state index < -0.39 is 0 Å². The molecule has 0 amide bonds. The molecule has 2 N–H and O–H groups in total. The van der Waals surface area contributed by atoms with Gasteiger partial charge < -0.3 is 10.5 Å². The zero-order valence-corrected chi connectivity index (χ0v) is 14.8. The highest BCUT2D eigenvalue weighted by atomic mass is 16.5. The quantitative estimate of drug-likeness (QED) is 0.730. The SMILES string of the molecule is Cc1cc(C(C)(C)C)ccc1OCCCCC(C)(C)CN. The Kier molecular flexibility index (Phi) is 6.27. The van der Waals surface area contributed by atoms with Crippen molar-refractivity contribution in [1.82, 2.24) is 0 Å². The first-order valence-electron chi connectivity index (χ1n) is 8.10. The zero-order chi connectivity index (χ0) is 16.1. The van der Waals surface area contributed by atoms with Crippen molar-refractivity contribution in [2.45, 2.75) is 66.2 Å². The van der Waals surface area contributed by atoms with Crippen molar-refractivity contribution < 1.29 is 4.74 Å². The normalized spacial score (nSPS) is 12.5. The van der Waals surface area contributed by atoms with Crippen LogP contribution in [0.15, 0.2) is 18.2 Å². The fraction of sp³-hybridized carbons (Fsp3) is 0.684. The minimum atomic E-state index is 0.192. The number of aryl methyl sites for hydroxylation is 1. The number of hydrogen-bond donors (Lipinski definition) is 1. The summed E-state index contributed by atoms with van der Waals surface area (Å²) in [5.74, 6) is 1.01. The van der Waals surface area contributed by atoms with Gasteiger partial charge in [-0.15, -0.1) is 0 Å². The molecule has 0 unspecified atom stereocenters. The summed E-state index contributed by atoms with van der Waals surface area (Å²) in [5, 5.41) is 0. The highest BCUT2D eigenvalue weighted by Crippen LogP contribution is 2.28. The molecule has 1 aromatic carbocycles. The highest BCUT2D eigenvalue weighted by Gasteiger charge is 2.15. The summed E-state index contributed by atoms with van der Waals surface area (Å²) >= 11 is 0. The number of rotatable bonds is 7. The molecule has 0 radical (unpaired) electrons. The number of nitrogens with two attached hydrogens (primary N) is 1. The monoisotopic (exact) mass is 291 g/mol. The third kappa shape index (κ3) is 6.09. The van der Waals surface area contributed by atoms with Crippen LogP contribution in [0.25, 0.3) is 0 Å². The van der Waals surface area contributed by atoms with Crippen LogP contribution in [0.1, 0.15) is 65.0 Å². The molecule has 0 spiro atoms. The molecule has 0 fully saturated rings. The van der Waals surface area contributed by atoms with Crippen LogP contribution in [0.3, 0.4) is 0 Å². The molecule has 0 aliphatic heterocycles. The van der Waals surface area contributed by atoms with Gasteiger partial charge in [-0.25, -0.2) is 0 Å². The van der Waals surface area contributed by atoms with Gasteiger partial charge >= 0.3 is 0 Å². The van der Waals surface area contributed by atoms with Crippen molar-refractivity contribution in [3.8, 4) is 5.75 Å². The first-order chi connectivity index (χ1) is 9.65. The minimum absolute atomic E-state index is 0.192. The Labute approximate surface area is 131 Å². The van der Waals surface area contributed by atoms with Crippen LogP contribution in [0, 0.1) is 12.3 Å². The topological polar surface area (TPSA) is 35.2 Å². The first-order valence-corrected chi connectivity index (χ1v) is 8.10. The van der Waals surface area contributed by atoms with E-state index in [-0.39, 0.29) is 10.8 Å². The smallest absolute Gasteiger partial charge is 0.122 e. The second-order valence-corrected chi connectivity index (χ2v) is 7.90. The number of unbranched alkanes of at least 4 members (excludes halogenated alkanes) is 1. The third-order valence-corrected chi connectivity index (χ3v) is 4.10. The predicted octanol–water partition coefficient (Wildman–Crippen LogP) is 4.83. The average molecular weight is 291 g/mol. The number of hydrogen-bond acceptors (Lipinski definition) is 2. The van der Waals surface area contributed by atoms with Gasteiger partial charge in [0.15, 0.2) is 0 Å². The third-order valence-electron chi connectivity index (χ3n) is 4.10. The van der Waals surface area contributed by atoms with Gasteiger partial charge in [0.25, 0.3) is 0 Å². The van der Waals surface area contributed by atoms with Gasteiger partial charge in [0.1, 0.15) is 5.75 Å². The van der Waals surface area contributed by atoms with Crippen molar-refractivity contribution in [2.75, 3.05) is 13.2 Å².